The van der Waals surface area contributed by atoms with Crippen molar-refractivity contribution < 1.29 is 15.0 Å². The van der Waals surface area contributed by atoms with Gasteiger partial charge in [-0.25, -0.2) is 0 Å². The molecule has 0 bridgehead atoms. The first-order valence-corrected chi connectivity index (χ1v) is 4.36. The predicted octanol–water partition coefficient (Wildman–Crippen LogP) is -1.49. The van der Waals surface area contributed by atoms with Crippen molar-refractivity contribution in [3.8, 4) is 0 Å². The van der Waals surface area contributed by atoms with Crippen molar-refractivity contribution in [1.29, 1.82) is 0 Å². The van der Waals surface area contributed by atoms with Gasteiger partial charge in [0.2, 0.25) is 6.29 Å². The van der Waals surface area contributed by atoms with E-state index in [9.17, 15) is 4.79 Å². The maximum absolute atomic E-state index is 9.87. The molecule has 1 radical (unpaired) electrons. The van der Waals surface area contributed by atoms with Crippen LogP contribution in [-0.4, -0.2) is 46.8 Å². The van der Waals surface area contributed by atoms with Crippen molar-refractivity contribution in [2.24, 2.45) is 5.73 Å². The lowest BCUT2D eigenvalue weighted by Gasteiger charge is -2.06. The fourth-order valence-electron chi connectivity index (χ4n) is 0.418. The van der Waals surface area contributed by atoms with Gasteiger partial charge in [0.05, 0.1) is 18.8 Å². The Morgan fingerprint density at radius 3 is 2.64 bits per heavy atom. The Labute approximate surface area is 69.8 Å². The Kier molecular flexibility index (Phi) is 6.54. The molecule has 0 aromatic heterocycles. The Balaban J connectivity index is 3.19. The minimum absolute atomic E-state index is 0.257. The fourth-order valence-corrected chi connectivity index (χ4v) is 1.25. The molecule has 0 heterocycles. The fraction of sp³-hybridized carbons (Fsp3) is 0.833. The number of hydrogen-bond donors (Lipinski definition) is 3. The molecular weight excluding hydrogens is 166 g/mol. The standard InChI is InChI=1S/C6H12NO3S/c7-5(1-8)3-11-4-6(10)2-9/h5-6,9-10H,2-4,7H2. The molecule has 5 heteroatoms. The van der Waals surface area contributed by atoms with Gasteiger partial charge in [0.1, 0.15) is 0 Å². The SMILES string of the molecule is NC([C]=O)CSCC(O)CO. The number of aliphatic hydroxyl groups excluding tert-OH is 2. The zero-order valence-corrected chi connectivity index (χ0v) is 6.88. The van der Waals surface area contributed by atoms with Gasteiger partial charge in [-0.1, -0.05) is 0 Å². The lowest BCUT2D eigenvalue weighted by molar-refractivity contribution is 0.113. The van der Waals surface area contributed by atoms with Gasteiger partial charge in [0, 0.05) is 11.5 Å². The molecule has 0 amide bonds. The molecule has 0 aromatic carbocycles. The van der Waals surface area contributed by atoms with Gasteiger partial charge in [-0.15, -0.1) is 0 Å². The Morgan fingerprint density at radius 2 is 2.18 bits per heavy atom. The van der Waals surface area contributed by atoms with E-state index in [1.807, 2.05) is 0 Å². The van der Waals surface area contributed by atoms with Gasteiger partial charge < -0.3 is 15.9 Å². The number of thioether (sulfide) groups is 1. The molecule has 0 aliphatic heterocycles. The average molecular weight is 178 g/mol. The molecule has 0 rings (SSSR count). The number of nitrogens with two attached hydrogens (primary N) is 1. The number of carbonyl (C=O) groups excluding carboxylic acids is 1. The summed E-state index contributed by atoms with van der Waals surface area (Å²) in [6.45, 7) is -0.257. The van der Waals surface area contributed by atoms with Gasteiger partial charge >= 0.3 is 0 Å². The van der Waals surface area contributed by atoms with Crippen molar-refractivity contribution in [3.05, 3.63) is 0 Å². The topological polar surface area (TPSA) is 83.6 Å². The summed E-state index contributed by atoms with van der Waals surface area (Å²) in [6, 6.07) is -0.592. The first kappa shape index (κ1) is 10.9. The van der Waals surface area contributed by atoms with Crippen LogP contribution in [0.3, 0.4) is 0 Å². The highest BCUT2D eigenvalue weighted by Crippen LogP contribution is 2.02. The Hall–Kier alpha value is -0.100. The van der Waals surface area contributed by atoms with Crippen LogP contribution in [0.15, 0.2) is 0 Å². The van der Waals surface area contributed by atoms with Crippen LogP contribution in [-0.2, 0) is 4.79 Å². The van der Waals surface area contributed by atoms with E-state index < -0.39 is 12.1 Å². The van der Waals surface area contributed by atoms with E-state index in [1.54, 1.807) is 6.29 Å². The van der Waals surface area contributed by atoms with Gasteiger partial charge in [-0.2, -0.15) is 11.8 Å². The van der Waals surface area contributed by atoms with Crippen molar-refractivity contribution >= 4 is 18.0 Å². The molecule has 11 heavy (non-hydrogen) atoms. The van der Waals surface area contributed by atoms with E-state index in [0.717, 1.165) is 0 Å². The number of aliphatic hydroxyl groups is 2. The van der Waals surface area contributed by atoms with Crippen LogP contribution < -0.4 is 5.73 Å². The molecule has 0 fully saturated rings. The second-order valence-corrected chi connectivity index (χ2v) is 3.17. The smallest absolute Gasteiger partial charge is 0.217 e. The van der Waals surface area contributed by atoms with E-state index in [0.29, 0.717) is 11.5 Å². The van der Waals surface area contributed by atoms with Crippen molar-refractivity contribution in [2.75, 3.05) is 18.1 Å². The summed E-state index contributed by atoms with van der Waals surface area (Å²) in [7, 11) is 0. The number of rotatable bonds is 6. The summed E-state index contributed by atoms with van der Waals surface area (Å²) in [5.74, 6) is 0.826. The third-order valence-electron chi connectivity index (χ3n) is 0.970. The van der Waals surface area contributed by atoms with E-state index >= 15 is 0 Å². The van der Waals surface area contributed by atoms with Crippen molar-refractivity contribution in [3.63, 3.8) is 0 Å². The summed E-state index contributed by atoms with van der Waals surface area (Å²) in [6.07, 6.45) is 0.896. The molecular formula is C6H12NO3S. The molecule has 0 saturated carbocycles. The monoisotopic (exact) mass is 178 g/mol. The largest absolute Gasteiger partial charge is 0.394 e. The normalized spacial score (nSPS) is 15.9. The molecule has 65 valence electrons. The van der Waals surface area contributed by atoms with E-state index in [2.05, 4.69) is 0 Å². The zero-order chi connectivity index (χ0) is 8.69. The molecule has 4 nitrogen and oxygen atoms in total. The highest BCUT2D eigenvalue weighted by molar-refractivity contribution is 7.99. The average Bonchev–Trinajstić information content (AvgIpc) is 2.04. The van der Waals surface area contributed by atoms with Gasteiger partial charge in [-0.3, -0.25) is 4.79 Å². The van der Waals surface area contributed by atoms with Gasteiger partial charge in [0.15, 0.2) is 0 Å². The maximum Gasteiger partial charge on any atom is 0.217 e. The minimum Gasteiger partial charge on any atom is -0.394 e. The molecule has 0 aliphatic carbocycles. The lowest BCUT2D eigenvalue weighted by atomic mass is 10.4. The third-order valence-corrected chi connectivity index (χ3v) is 2.19. The summed E-state index contributed by atoms with van der Waals surface area (Å²) >= 11 is 1.32. The highest BCUT2D eigenvalue weighted by atomic mass is 32.2. The Morgan fingerprint density at radius 1 is 1.55 bits per heavy atom. The van der Waals surface area contributed by atoms with Crippen LogP contribution in [0.5, 0.6) is 0 Å². The zero-order valence-electron chi connectivity index (χ0n) is 6.06. The van der Waals surface area contributed by atoms with Gasteiger partial charge in [-0.05, 0) is 0 Å². The molecule has 0 spiro atoms. The highest BCUT2D eigenvalue weighted by Gasteiger charge is 2.04. The summed E-state index contributed by atoms with van der Waals surface area (Å²) in [4.78, 5) is 9.87. The third kappa shape index (κ3) is 6.30. The first-order valence-electron chi connectivity index (χ1n) is 3.20. The Bertz CT molecular complexity index is 112. The summed E-state index contributed by atoms with van der Waals surface area (Å²) in [5.41, 5.74) is 5.21. The van der Waals surface area contributed by atoms with Crippen LogP contribution in [0.25, 0.3) is 0 Å². The minimum atomic E-state index is -0.723. The predicted molar refractivity (Wildman–Crippen MR) is 44.1 cm³/mol. The summed E-state index contributed by atoms with van der Waals surface area (Å²) < 4.78 is 0. The van der Waals surface area contributed by atoms with Crippen LogP contribution in [0.2, 0.25) is 0 Å². The van der Waals surface area contributed by atoms with Gasteiger partial charge in [0.25, 0.3) is 0 Å². The quantitative estimate of drug-likeness (QED) is 0.461. The molecule has 0 saturated heterocycles. The molecule has 2 unspecified atom stereocenters. The van der Waals surface area contributed by atoms with Crippen molar-refractivity contribution in [2.45, 2.75) is 12.1 Å². The first-order chi connectivity index (χ1) is 5.20. The van der Waals surface area contributed by atoms with E-state index in [1.165, 1.54) is 11.8 Å². The van der Waals surface area contributed by atoms with Crippen LogP contribution in [0.1, 0.15) is 0 Å². The van der Waals surface area contributed by atoms with Crippen LogP contribution in [0, 0.1) is 0 Å². The molecule has 0 aromatic rings. The second-order valence-electron chi connectivity index (χ2n) is 2.10. The molecule has 4 N–H and O–H groups in total. The van der Waals surface area contributed by atoms with Crippen LogP contribution >= 0.6 is 11.8 Å². The maximum atomic E-state index is 9.87. The van der Waals surface area contributed by atoms with Crippen LogP contribution in [0.4, 0.5) is 0 Å². The second kappa shape index (κ2) is 6.60. The van der Waals surface area contributed by atoms with E-state index in [4.69, 9.17) is 15.9 Å². The number of hydrogen-bond acceptors (Lipinski definition) is 5. The lowest BCUT2D eigenvalue weighted by Crippen LogP contribution is -2.25. The molecule has 2 atom stereocenters. The molecule has 0 aliphatic rings. The van der Waals surface area contributed by atoms with Crippen molar-refractivity contribution in [1.82, 2.24) is 0 Å². The summed E-state index contributed by atoms with van der Waals surface area (Å²) in [5, 5.41) is 17.2. The van der Waals surface area contributed by atoms with E-state index in [-0.39, 0.29) is 6.61 Å².